The number of hydrogen-bond acceptors (Lipinski definition) is 4. The van der Waals surface area contributed by atoms with Gasteiger partial charge in [0.25, 0.3) is 5.91 Å². The van der Waals surface area contributed by atoms with Crippen molar-refractivity contribution in [2.24, 2.45) is 0 Å². The van der Waals surface area contributed by atoms with Crippen LogP contribution in [0.2, 0.25) is 0 Å². The fourth-order valence-electron chi connectivity index (χ4n) is 2.89. The van der Waals surface area contributed by atoms with Crippen molar-refractivity contribution in [2.75, 3.05) is 46.4 Å². The van der Waals surface area contributed by atoms with Gasteiger partial charge < -0.3 is 15.0 Å². The number of piperazine rings is 1. The van der Waals surface area contributed by atoms with Gasteiger partial charge in [-0.15, -0.1) is 0 Å². The van der Waals surface area contributed by atoms with Crippen molar-refractivity contribution in [3.8, 4) is 5.75 Å². The first-order chi connectivity index (χ1) is 9.79. The number of amides is 1. The molecule has 2 saturated heterocycles. The van der Waals surface area contributed by atoms with Gasteiger partial charge in [0.15, 0.2) is 0 Å². The maximum absolute atomic E-state index is 12.5. The quantitative estimate of drug-likeness (QED) is 0.868. The van der Waals surface area contributed by atoms with Gasteiger partial charge in [0, 0.05) is 45.3 Å². The minimum Gasteiger partial charge on any atom is -0.496 e. The van der Waals surface area contributed by atoms with Gasteiger partial charge in [-0.3, -0.25) is 9.69 Å². The van der Waals surface area contributed by atoms with Crippen LogP contribution in [0, 0.1) is 0 Å². The molecule has 108 valence electrons. The minimum atomic E-state index is 0.0776. The lowest BCUT2D eigenvalue weighted by Crippen LogP contribution is -2.63. The van der Waals surface area contributed by atoms with Crippen LogP contribution in [0.4, 0.5) is 0 Å². The van der Waals surface area contributed by atoms with Crippen LogP contribution in [0.15, 0.2) is 24.3 Å². The number of benzene rings is 1. The van der Waals surface area contributed by atoms with Crippen molar-refractivity contribution in [3.05, 3.63) is 29.8 Å². The summed E-state index contributed by atoms with van der Waals surface area (Å²) in [5, 5.41) is 3.35. The standard InChI is InChI=1S/C15H21N3O2/c1-20-14-5-3-2-4-13(14)15(19)18-10-12(11-18)17-8-6-16-7-9-17/h2-5,12,16H,6-11H2,1H3. The molecule has 3 rings (SSSR count). The summed E-state index contributed by atoms with van der Waals surface area (Å²) in [5.41, 5.74) is 0.661. The lowest BCUT2D eigenvalue weighted by Gasteiger charge is -2.46. The summed E-state index contributed by atoms with van der Waals surface area (Å²) < 4.78 is 5.26. The molecule has 1 N–H and O–H groups in total. The Morgan fingerprint density at radius 2 is 1.95 bits per heavy atom. The summed E-state index contributed by atoms with van der Waals surface area (Å²) in [6.45, 7) is 5.93. The van der Waals surface area contributed by atoms with Crippen LogP contribution in [0.5, 0.6) is 5.75 Å². The van der Waals surface area contributed by atoms with Gasteiger partial charge in [0.05, 0.1) is 12.7 Å². The van der Waals surface area contributed by atoms with Crippen LogP contribution < -0.4 is 10.1 Å². The molecule has 0 saturated carbocycles. The van der Waals surface area contributed by atoms with E-state index in [1.165, 1.54) is 0 Å². The zero-order chi connectivity index (χ0) is 13.9. The first-order valence-corrected chi connectivity index (χ1v) is 7.16. The molecular weight excluding hydrogens is 254 g/mol. The number of carbonyl (C=O) groups is 1. The number of carbonyl (C=O) groups excluding carboxylic acids is 1. The Morgan fingerprint density at radius 1 is 1.25 bits per heavy atom. The van der Waals surface area contributed by atoms with E-state index in [1.807, 2.05) is 29.2 Å². The van der Waals surface area contributed by atoms with E-state index < -0.39 is 0 Å². The number of methoxy groups -OCH3 is 1. The summed E-state index contributed by atoms with van der Waals surface area (Å²) in [6, 6.07) is 7.95. The molecule has 0 spiro atoms. The van der Waals surface area contributed by atoms with Gasteiger partial charge in [0.2, 0.25) is 0 Å². The third kappa shape index (κ3) is 2.51. The molecule has 5 heteroatoms. The molecule has 0 aliphatic carbocycles. The van der Waals surface area contributed by atoms with E-state index >= 15 is 0 Å². The average Bonchev–Trinajstić information content (AvgIpc) is 2.46. The van der Waals surface area contributed by atoms with E-state index in [9.17, 15) is 4.79 Å². The first-order valence-electron chi connectivity index (χ1n) is 7.16. The van der Waals surface area contributed by atoms with E-state index in [2.05, 4.69) is 10.2 Å². The van der Waals surface area contributed by atoms with Crippen molar-refractivity contribution < 1.29 is 9.53 Å². The maximum Gasteiger partial charge on any atom is 0.257 e. The molecule has 2 fully saturated rings. The van der Waals surface area contributed by atoms with Crippen LogP contribution in [0.25, 0.3) is 0 Å². The summed E-state index contributed by atoms with van der Waals surface area (Å²) in [5.74, 6) is 0.733. The van der Waals surface area contributed by atoms with Crippen LogP contribution in [0.1, 0.15) is 10.4 Å². The Hall–Kier alpha value is -1.59. The lowest BCUT2D eigenvalue weighted by molar-refractivity contribution is 0.0225. The predicted molar refractivity (Wildman–Crippen MR) is 77.1 cm³/mol. The third-order valence-electron chi connectivity index (χ3n) is 4.15. The first kappa shape index (κ1) is 13.4. The van der Waals surface area contributed by atoms with E-state index in [0.717, 1.165) is 39.3 Å². The molecule has 1 aromatic carbocycles. The van der Waals surface area contributed by atoms with Crippen molar-refractivity contribution in [1.82, 2.24) is 15.1 Å². The van der Waals surface area contributed by atoms with Gasteiger partial charge in [0.1, 0.15) is 5.75 Å². The summed E-state index contributed by atoms with van der Waals surface area (Å²) >= 11 is 0. The molecule has 0 radical (unpaired) electrons. The topological polar surface area (TPSA) is 44.8 Å². The lowest BCUT2D eigenvalue weighted by atomic mass is 10.0. The predicted octanol–water partition coefficient (Wildman–Crippen LogP) is 0.425. The number of para-hydroxylation sites is 1. The van der Waals surface area contributed by atoms with E-state index in [0.29, 0.717) is 17.4 Å². The highest BCUT2D eigenvalue weighted by Gasteiger charge is 2.36. The molecule has 0 bridgehead atoms. The Bertz CT molecular complexity index is 480. The Kier molecular flexibility index (Phi) is 3.89. The van der Waals surface area contributed by atoms with Gasteiger partial charge in [-0.05, 0) is 12.1 Å². The van der Waals surface area contributed by atoms with Crippen molar-refractivity contribution in [2.45, 2.75) is 6.04 Å². The Labute approximate surface area is 119 Å². The fourth-order valence-corrected chi connectivity index (χ4v) is 2.89. The second kappa shape index (κ2) is 5.81. The van der Waals surface area contributed by atoms with Crippen molar-refractivity contribution in [1.29, 1.82) is 0 Å². The Balaban J connectivity index is 1.60. The maximum atomic E-state index is 12.5. The molecule has 0 atom stereocenters. The van der Waals surface area contributed by atoms with Gasteiger partial charge >= 0.3 is 0 Å². The fraction of sp³-hybridized carbons (Fsp3) is 0.533. The molecule has 2 aliphatic heterocycles. The molecule has 1 aromatic rings. The summed E-state index contributed by atoms with van der Waals surface area (Å²) in [4.78, 5) is 16.8. The van der Waals surface area contributed by atoms with Crippen LogP contribution in [0.3, 0.4) is 0 Å². The average molecular weight is 275 g/mol. The second-order valence-electron chi connectivity index (χ2n) is 5.35. The number of rotatable bonds is 3. The zero-order valence-electron chi connectivity index (χ0n) is 11.8. The number of nitrogens with zero attached hydrogens (tertiary/aromatic N) is 2. The van der Waals surface area contributed by atoms with Gasteiger partial charge in [-0.25, -0.2) is 0 Å². The third-order valence-corrected chi connectivity index (χ3v) is 4.15. The van der Waals surface area contributed by atoms with E-state index in [-0.39, 0.29) is 5.91 Å². The minimum absolute atomic E-state index is 0.0776. The molecule has 1 amide bonds. The monoisotopic (exact) mass is 275 g/mol. The largest absolute Gasteiger partial charge is 0.496 e. The van der Waals surface area contributed by atoms with Crippen LogP contribution in [-0.4, -0.2) is 68.1 Å². The normalized spacial score (nSPS) is 20.6. The Morgan fingerprint density at radius 3 is 2.65 bits per heavy atom. The summed E-state index contributed by atoms with van der Waals surface area (Å²) in [6.07, 6.45) is 0. The molecule has 2 heterocycles. The molecular formula is C15H21N3O2. The highest BCUT2D eigenvalue weighted by atomic mass is 16.5. The summed E-state index contributed by atoms with van der Waals surface area (Å²) in [7, 11) is 1.60. The second-order valence-corrected chi connectivity index (χ2v) is 5.35. The zero-order valence-corrected chi connectivity index (χ0v) is 11.8. The molecule has 0 unspecified atom stereocenters. The molecule has 5 nitrogen and oxygen atoms in total. The highest BCUT2D eigenvalue weighted by molar-refractivity contribution is 5.97. The van der Waals surface area contributed by atoms with Crippen LogP contribution >= 0.6 is 0 Å². The SMILES string of the molecule is COc1ccccc1C(=O)N1CC(N2CCNCC2)C1. The highest BCUT2D eigenvalue weighted by Crippen LogP contribution is 2.23. The molecule has 0 aromatic heterocycles. The number of nitrogens with one attached hydrogen (secondary N) is 1. The number of hydrogen-bond donors (Lipinski definition) is 1. The van der Waals surface area contributed by atoms with Gasteiger partial charge in [-0.1, -0.05) is 12.1 Å². The molecule has 20 heavy (non-hydrogen) atoms. The number of ether oxygens (including phenoxy) is 1. The smallest absolute Gasteiger partial charge is 0.257 e. The number of likely N-dealkylation sites (tertiary alicyclic amines) is 1. The van der Waals surface area contributed by atoms with Crippen LogP contribution in [-0.2, 0) is 0 Å². The van der Waals surface area contributed by atoms with Crippen molar-refractivity contribution >= 4 is 5.91 Å². The van der Waals surface area contributed by atoms with E-state index in [4.69, 9.17) is 4.74 Å². The molecule has 2 aliphatic rings. The van der Waals surface area contributed by atoms with Gasteiger partial charge in [-0.2, -0.15) is 0 Å². The van der Waals surface area contributed by atoms with Crippen molar-refractivity contribution in [3.63, 3.8) is 0 Å². The van der Waals surface area contributed by atoms with E-state index in [1.54, 1.807) is 7.11 Å².